The number of rotatable bonds is 7. The van der Waals surface area contributed by atoms with Crippen molar-refractivity contribution >= 4 is 17.6 Å². The van der Waals surface area contributed by atoms with Gasteiger partial charge in [-0.25, -0.2) is 4.79 Å². The highest BCUT2D eigenvalue weighted by Gasteiger charge is 2.46. The predicted octanol–water partition coefficient (Wildman–Crippen LogP) is 2.85. The molecule has 0 bridgehead atoms. The normalized spacial score (nSPS) is 25.3. The molecule has 0 spiro atoms. The third-order valence-corrected chi connectivity index (χ3v) is 7.05. The van der Waals surface area contributed by atoms with E-state index in [-0.39, 0.29) is 49.1 Å². The summed E-state index contributed by atoms with van der Waals surface area (Å²) in [4.78, 5) is 29.2. The second-order valence-electron chi connectivity index (χ2n) is 9.54. The van der Waals surface area contributed by atoms with Crippen LogP contribution in [0.25, 0.3) is 0 Å². The summed E-state index contributed by atoms with van der Waals surface area (Å²) < 4.78 is 12.2. The SMILES string of the molecule is O=C(C[C@@H]1C[C@H]2c3cc(NC(=O)NC4CCCC4)ccc3O[C@H]2[C@@H](CO)O1)NCc1ccccn1. The molecule has 9 heteroatoms. The Balaban J connectivity index is 1.22. The van der Waals surface area contributed by atoms with E-state index >= 15 is 0 Å². The molecule has 2 aromatic rings. The van der Waals surface area contributed by atoms with E-state index in [1.807, 2.05) is 36.4 Å². The standard InChI is InChI=1S/C26H32N4O5/c31-15-23-25-21(12-19(34-23)13-24(32)28-14-18-7-3-4-10-27-18)20-11-17(8-9-22(20)35-25)30-26(33)29-16-5-1-2-6-16/h3-4,7-11,16,19,21,23,25,31H,1-2,5-6,12-15H2,(H,28,32)(H2,29,30,33)/t19-,21-,23+,25+/m0/s1. The van der Waals surface area contributed by atoms with Gasteiger partial charge < -0.3 is 30.5 Å². The van der Waals surface area contributed by atoms with Crippen LogP contribution in [-0.2, 0) is 16.1 Å². The highest BCUT2D eigenvalue weighted by atomic mass is 16.6. The lowest BCUT2D eigenvalue weighted by Crippen LogP contribution is -2.47. The molecule has 3 heterocycles. The summed E-state index contributed by atoms with van der Waals surface area (Å²) in [6.45, 7) is 0.155. The molecule has 35 heavy (non-hydrogen) atoms. The topological polar surface area (TPSA) is 122 Å². The van der Waals surface area contributed by atoms with Gasteiger partial charge >= 0.3 is 6.03 Å². The fraction of sp³-hybridized carbons (Fsp3) is 0.500. The zero-order chi connectivity index (χ0) is 24.2. The van der Waals surface area contributed by atoms with Crippen LogP contribution in [-0.4, -0.2) is 53.0 Å². The zero-order valence-corrected chi connectivity index (χ0v) is 19.6. The minimum atomic E-state index is -0.531. The number of aromatic nitrogens is 1. The average Bonchev–Trinajstić information content (AvgIpc) is 3.50. The lowest BCUT2D eigenvalue weighted by molar-refractivity contribution is -0.142. The van der Waals surface area contributed by atoms with Crippen molar-refractivity contribution in [1.82, 2.24) is 15.6 Å². The largest absolute Gasteiger partial charge is 0.487 e. The maximum atomic E-state index is 12.6. The molecule has 1 aliphatic carbocycles. The van der Waals surface area contributed by atoms with E-state index in [4.69, 9.17) is 9.47 Å². The molecule has 1 saturated heterocycles. The van der Waals surface area contributed by atoms with Crippen LogP contribution >= 0.6 is 0 Å². The molecule has 4 N–H and O–H groups in total. The maximum Gasteiger partial charge on any atom is 0.319 e. The van der Waals surface area contributed by atoms with Gasteiger partial charge in [0.1, 0.15) is 18.0 Å². The summed E-state index contributed by atoms with van der Waals surface area (Å²) in [6, 6.07) is 11.2. The average molecular weight is 481 g/mol. The molecule has 186 valence electrons. The Hall–Kier alpha value is -3.17. The lowest BCUT2D eigenvalue weighted by atomic mass is 9.84. The van der Waals surface area contributed by atoms with Crippen molar-refractivity contribution in [3.8, 4) is 5.75 Å². The van der Waals surface area contributed by atoms with E-state index in [0.717, 1.165) is 42.7 Å². The second-order valence-corrected chi connectivity index (χ2v) is 9.54. The highest BCUT2D eigenvalue weighted by Crippen LogP contribution is 2.47. The summed E-state index contributed by atoms with van der Waals surface area (Å²) in [6.07, 6.45) is 5.60. The van der Waals surface area contributed by atoms with E-state index in [1.165, 1.54) is 0 Å². The molecule has 0 radical (unpaired) electrons. The molecule has 2 fully saturated rings. The van der Waals surface area contributed by atoms with Gasteiger partial charge in [0.25, 0.3) is 0 Å². The Morgan fingerprint density at radius 2 is 2.00 bits per heavy atom. The number of carbonyl (C=O) groups is 2. The van der Waals surface area contributed by atoms with Gasteiger partial charge in [-0.15, -0.1) is 0 Å². The van der Waals surface area contributed by atoms with Crippen molar-refractivity contribution in [3.63, 3.8) is 0 Å². The number of nitrogens with zero attached hydrogens (tertiary/aromatic N) is 1. The van der Waals surface area contributed by atoms with Crippen LogP contribution in [0.2, 0.25) is 0 Å². The van der Waals surface area contributed by atoms with Crippen molar-refractivity contribution in [2.45, 2.75) is 75.3 Å². The van der Waals surface area contributed by atoms with Crippen LogP contribution in [0, 0.1) is 0 Å². The first-order chi connectivity index (χ1) is 17.1. The maximum absolute atomic E-state index is 12.6. The summed E-state index contributed by atoms with van der Waals surface area (Å²) in [5.41, 5.74) is 2.45. The van der Waals surface area contributed by atoms with E-state index in [0.29, 0.717) is 18.7 Å². The Morgan fingerprint density at radius 1 is 1.14 bits per heavy atom. The van der Waals surface area contributed by atoms with Gasteiger partial charge in [-0.2, -0.15) is 0 Å². The third kappa shape index (κ3) is 5.57. The minimum absolute atomic E-state index is 0.0378. The number of hydrogen-bond acceptors (Lipinski definition) is 6. The molecule has 0 unspecified atom stereocenters. The van der Waals surface area contributed by atoms with Crippen LogP contribution in [0.4, 0.5) is 10.5 Å². The first-order valence-electron chi connectivity index (χ1n) is 12.4. The van der Waals surface area contributed by atoms with E-state index < -0.39 is 6.10 Å². The molecule has 9 nitrogen and oxygen atoms in total. The molecular weight excluding hydrogens is 448 g/mol. The second kappa shape index (κ2) is 10.6. The molecule has 5 rings (SSSR count). The zero-order valence-electron chi connectivity index (χ0n) is 19.6. The molecule has 3 aliphatic rings. The Bertz CT molecular complexity index is 1040. The number of hydrogen-bond donors (Lipinski definition) is 4. The fourth-order valence-corrected chi connectivity index (χ4v) is 5.36. The fourth-order valence-electron chi connectivity index (χ4n) is 5.36. The van der Waals surface area contributed by atoms with Gasteiger partial charge in [0, 0.05) is 29.4 Å². The number of ether oxygens (including phenoxy) is 2. The molecule has 1 aromatic carbocycles. The number of pyridine rings is 1. The first kappa shape index (κ1) is 23.6. The minimum Gasteiger partial charge on any atom is -0.487 e. The van der Waals surface area contributed by atoms with Gasteiger partial charge in [-0.3, -0.25) is 9.78 Å². The number of benzene rings is 1. The van der Waals surface area contributed by atoms with Gasteiger partial charge in [0.15, 0.2) is 0 Å². The molecular formula is C26H32N4O5. The summed E-state index contributed by atoms with van der Waals surface area (Å²) >= 11 is 0. The van der Waals surface area contributed by atoms with E-state index in [2.05, 4.69) is 20.9 Å². The van der Waals surface area contributed by atoms with E-state index in [9.17, 15) is 14.7 Å². The monoisotopic (exact) mass is 480 g/mol. The van der Waals surface area contributed by atoms with Gasteiger partial charge in [-0.05, 0) is 49.6 Å². The summed E-state index contributed by atoms with van der Waals surface area (Å²) in [7, 11) is 0. The van der Waals surface area contributed by atoms with Crippen LogP contribution in [0.3, 0.4) is 0 Å². The van der Waals surface area contributed by atoms with Crippen molar-refractivity contribution in [2.24, 2.45) is 0 Å². The Morgan fingerprint density at radius 3 is 2.77 bits per heavy atom. The summed E-state index contributed by atoms with van der Waals surface area (Å²) in [5, 5.41) is 18.8. The van der Waals surface area contributed by atoms with Crippen LogP contribution < -0.4 is 20.7 Å². The number of carbonyl (C=O) groups excluding carboxylic acids is 2. The van der Waals surface area contributed by atoms with Crippen molar-refractivity contribution in [3.05, 3.63) is 53.9 Å². The van der Waals surface area contributed by atoms with E-state index in [1.54, 1.807) is 6.20 Å². The Kier molecular flexibility index (Phi) is 7.15. The number of urea groups is 1. The quantitative estimate of drug-likeness (QED) is 0.484. The molecule has 2 aliphatic heterocycles. The number of nitrogens with one attached hydrogen (secondary N) is 3. The van der Waals surface area contributed by atoms with Crippen LogP contribution in [0.15, 0.2) is 42.6 Å². The van der Waals surface area contributed by atoms with Crippen molar-refractivity contribution in [1.29, 1.82) is 0 Å². The number of fused-ring (bicyclic) bond motifs is 3. The van der Waals surface area contributed by atoms with Crippen LogP contribution in [0.5, 0.6) is 5.75 Å². The smallest absolute Gasteiger partial charge is 0.319 e. The first-order valence-corrected chi connectivity index (χ1v) is 12.4. The molecule has 1 saturated carbocycles. The lowest BCUT2D eigenvalue weighted by Gasteiger charge is -2.37. The van der Waals surface area contributed by atoms with Crippen molar-refractivity contribution < 1.29 is 24.2 Å². The number of aliphatic hydroxyl groups is 1. The van der Waals surface area contributed by atoms with Crippen molar-refractivity contribution in [2.75, 3.05) is 11.9 Å². The summed E-state index contributed by atoms with van der Waals surface area (Å²) in [5.74, 6) is 0.558. The van der Waals surface area contributed by atoms with Gasteiger partial charge in [0.05, 0.1) is 31.4 Å². The third-order valence-electron chi connectivity index (χ3n) is 7.05. The number of amides is 3. The van der Waals surface area contributed by atoms with Gasteiger partial charge in [-0.1, -0.05) is 18.9 Å². The predicted molar refractivity (Wildman–Crippen MR) is 129 cm³/mol. The molecule has 1 aromatic heterocycles. The Labute approximate surface area is 204 Å². The molecule has 3 amide bonds. The highest BCUT2D eigenvalue weighted by molar-refractivity contribution is 5.89. The number of aliphatic hydroxyl groups excluding tert-OH is 1. The number of anilines is 1. The van der Waals surface area contributed by atoms with Gasteiger partial charge in [0.2, 0.25) is 5.91 Å². The van der Waals surface area contributed by atoms with Crippen LogP contribution in [0.1, 0.15) is 55.7 Å². The molecule has 4 atom stereocenters.